The van der Waals surface area contributed by atoms with Gasteiger partial charge in [0.25, 0.3) is 5.91 Å². The monoisotopic (exact) mass is 434 g/mol. The lowest BCUT2D eigenvalue weighted by molar-refractivity contribution is -0.143. The number of amides is 1. The first-order valence-corrected chi connectivity index (χ1v) is 10.7. The number of hydrogen-bond donors (Lipinski definition) is 0. The highest BCUT2D eigenvalue weighted by Gasteiger charge is 2.16. The lowest BCUT2D eigenvalue weighted by Gasteiger charge is -2.08. The molecule has 0 aliphatic heterocycles. The lowest BCUT2D eigenvalue weighted by atomic mass is 10.1. The van der Waals surface area contributed by atoms with Crippen LogP contribution >= 0.6 is 11.3 Å². The van der Waals surface area contributed by atoms with Gasteiger partial charge in [-0.15, -0.1) is 0 Å². The van der Waals surface area contributed by atoms with Crippen LogP contribution in [0.25, 0.3) is 21.0 Å². The summed E-state index contributed by atoms with van der Waals surface area (Å²) >= 11 is 1.37. The Morgan fingerprint density at radius 2 is 1.81 bits per heavy atom. The molecule has 6 nitrogen and oxygen atoms in total. The van der Waals surface area contributed by atoms with Crippen LogP contribution in [0.15, 0.2) is 59.6 Å². The summed E-state index contributed by atoms with van der Waals surface area (Å²) in [6, 6.07) is 17.3. The van der Waals surface area contributed by atoms with E-state index >= 15 is 0 Å². The number of aryl methyl sites for hydroxylation is 1. The van der Waals surface area contributed by atoms with Gasteiger partial charge in [0.2, 0.25) is 0 Å². The minimum absolute atomic E-state index is 0.0160. The molecular formula is C24H22N2O4S. The first kappa shape index (κ1) is 20.8. The zero-order valence-electron chi connectivity index (χ0n) is 17.5. The predicted molar refractivity (Wildman–Crippen MR) is 122 cm³/mol. The summed E-state index contributed by atoms with van der Waals surface area (Å²) in [6.45, 7) is 4.04. The van der Waals surface area contributed by atoms with Crippen molar-refractivity contribution in [3.8, 4) is 5.75 Å². The Bertz CT molecular complexity index is 1370. The Hall–Kier alpha value is -3.45. The second kappa shape index (κ2) is 8.73. The highest BCUT2D eigenvalue weighted by atomic mass is 32.1. The third-order valence-electron chi connectivity index (χ3n) is 4.93. The molecule has 1 heterocycles. The number of fused-ring (bicyclic) bond motifs is 2. The number of carbonyl (C=O) groups is 2. The minimum Gasteiger partial charge on any atom is -0.496 e. The maximum absolute atomic E-state index is 13.2. The number of aromatic nitrogens is 1. The SMILES string of the molecule is CCOC(=O)Cn1c(=NC(=O)c2cc3ccccc3cc2OC)sc2cc(C)ccc21. The molecule has 1 aromatic heterocycles. The zero-order chi connectivity index (χ0) is 22.0. The Labute approximate surface area is 183 Å². The van der Waals surface area contributed by atoms with Crippen molar-refractivity contribution in [3.05, 3.63) is 70.5 Å². The van der Waals surface area contributed by atoms with Gasteiger partial charge in [0, 0.05) is 0 Å². The van der Waals surface area contributed by atoms with Crippen LogP contribution in [0.1, 0.15) is 22.8 Å². The molecule has 0 atom stereocenters. The summed E-state index contributed by atoms with van der Waals surface area (Å²) in [4.78, 5) is 30.2. The molecule has 0 saturated heterocycles. The van der Waals surface area contributed by atoms with Gasteiger partial charge in [-0.05, 0) is 54.4 Å². The van der Waals surface area contributed by atoms with Crippen LogP contribution in [-0.2, 0) is 16.1 Å². The van der Waals surface area contributed by atoms with Crippen LogP contribution in [0.2, 0.25) is 0 Å². The summed E-state index contributed by atoms with van der Waals surface area (Å²) in [6.07, 6.45) is 0. The van der Waals surface area contributed by atoms with Gasteiger partial charge in [-0.25, -0.2) is 0 Å². The van der Waals surface area contributed by atoms with Crippen molar-refractivity contribution in [3.63, 3.8) is 0 Å². The third-order valence-corrected chi connectivity index (χ3v) is 5.97. The van der Waals surface area contributed by atoms with Gasteiger partial charge < -0.3 is 14.0 Å². The van der Waals surface area contributed by atoms with Gasteiger partial charge in [-0.2, -0.15) is 4.99 Å². The van der Waals surface area contributed by atoms with E-state index < -0.39 is 5.91 Å². The van der Waals surface area contributed by atoms with Crippen LogP contribution in [0.3, 0.4) is 0 Å². The molecule has 31 heavy (non-hydrogen) atoms. The molecule has 4 rings (SSSR count). The number of methoxy groups -OCH3 is 1. The van der Waals surface area contributed by atoms with Crippen LogP contribution in [-0.4, -0.2) is 30.2 Å². The van der Waals surface area contributed by atoms with E-state index in [1.54, 1.807) is 17.6 Å². The normalized spacial score (nSPS) is 11.8. The van der Waals surface area contributed by atoms with E-state index in [9.17, 15) is 9.59 Å². The van der Waals surface area contributed by atoms with Gasteiger partial charge in [-0.1, -0.05) is 41.7 Å². The average Bonchev–Trinajstić information content (AvgIpc) is 3.08. The molecule has 0 spiro atoms. The average molecular weight is 435 g/mol. The van der Waals surface area contributed by atoms with Crippen LogP contribution in [0.5, 0.6) is 5.75 Å². The third kappa shape index (κ3) is 4.22. The van der Waals surface area contributed by atoms with Gasteiger partial charge >= 0.3 is 5.97 Å². The molecule has 0 fully saturated rings. The van der Waals surface area contributed by atoms with Gasteiger partial charge in [0.1, 0.15) is 12.3 Å². The van der Waals surface area contributed by atoms with E-state index in [1.807, 2.05) is 55.5 Å². The quantitative estimate of drug-likeness (QED) is 0.435. The Morgan fingerprint density at radius 1 is 1.06 bits per heavy atom. The molecule has 0 bridgehead atoms. The lowest BCUT2D eigenvalue weighted by Crippen LogP contribution is -2.23. The molecule has 4 aromatic rings. The Kier molecular flexibility index (Phi) is 5.86. The van der Waals surface area contributed by atoms with Gasteiger partial charge in [0.05, 0.1) is 29.5 Å². The number of esters is 1. The van der Waals surface area contributed by atoms with Crippen molar-refractivity contribution < 1.29 is 19.1 Å². The summed E-state index contributed by atoms with van der Waals surface area (Å²) < 4.78 is 13.2. The largest absolute Gasteiger partial charge is 0.496 e. The second-order valence-electron chi connectivity index (χ2n) is 7.06. The fourth-order valence-corrected chi connectivity index (χ4v) is 4.58. The fourth-order valence-electron chi connectivity index (χ4n) is 3.46. The number of ether oxygens (including phenoxy) is 2. The van der Waals surface area contributed by atoms with E-state index in [0.29, 0.717) is 22.7 Å². The molecular weight excluding hydrogens is 412 g/mol. The van der Waals surface area contributed by atoms with Gasteiger partial charge in [0.15, 0.2) is 4.80 Å². The van der Waals surface area contributed by atoms with E-state index in [1.165, 1.54) is 18.4 Å². The first-order valence-electron chi connectivity index (χ1n) is 9.91. The van der Waals surface area contributed by atoms with E-state index in [4.69, 9.17) is 9.47 Å². The number of hydrogen-bond acceptors (Lipinski definition) is 5. The molecule has 1 amide bonds. The van der Waals surface area contributed by atoms with Crippen molar-refractivity contribution in [2.75, 3.05) is 13.7 Å². The van der Waals surface area contributed by atoms with E-state index in [2.05, 4.69) is 4.99 Å². The highest BCUT2D eigenvalue weighted by Crippen LogP contribution is 2.27. The summed E-state index contributed by atoms with van der Waals surface area (Å²) in [7, 11) is 1.53. The predicted octanol–water partition coefficient (Wildman–Crippen LogP) is 4.48. The van der Waals surface area contributed by atoms with Crippen LogP contribution < -0.4 is 9.54 Å². The summed E-state index contributed by atoms with van der Waals surface area (Å²) in [5, 5.41) is 1.90. The van der Waals surface area contributed by atoms with E-state index in [0.717, 1.165) is 26.6 Å². The van der Waals surface area contributed by atoms with Gasteiger partial charge in [-0.3, -0.25) is 9.59 Å². The molecule has 0 aliphatic rings. The maximum Gasteiger partial charge on any atom is 0.326 e. The smallest absolute Gasteiger partial charge is 0.326 e. The Morgan fingerprint density at radius 3 is 2.52 bits per heavy atom. The number of carbonyl (C=O) groups excluding carboxylic acids is 2. The topological polar surface area (TPSA) is 69.9 Å². The van der Waals surface area contributed by atoms with Crippen molar-refractivity contribution in [1.29, 1.82) is 0 Å². The molecule has 0 unspecified atom stereocenters. The maximum atomic E-state index is 13.2. The molecule has 7 heteroatoms. The first-order chi connectivity index (χ1) is 15.0. The highest BCUT2D eigenvalue weighted by molar-refractivity contribution is 7.16. The fraction of sp³-hybridized carbons (Fsp3) is 0.208. The van der Waals surface area contributed by atoms with Crippen molar-refractivity contribution in [2.24, 2.45) is 4.99 Å². The second-order valence-corrected chi connectivity index (χ2v) is 8.07. The van der Waals surface area contributed by atoms with Crippen LogP contribution in [0.4, 0.5) is 0 Å². The molecule has 0 radical (unpaired) electrons. The standard InChI is InChI=1S/C24H22N2O4S/c1-4-30-22(27)14-26-19-10-9-15(2)11-21(19)31-24(26)25-23(28)18-12-16-7-5-6-8-17(16)13-20(18)29-3/h5-13H,4,14H2,1-3H3. The Balaban J connectivity index is 1.86. The summed E-state index contributed by atoms with van der Waals surface area (Å²) in [5.74, 6) is -0.343. The van der Waals surface area contributed by atoms with Crippen molar-refractivity contribution >= 4 is 44.2 Å². The molecule has 0 aliphatic carbocycles. The number of benzene rings is 3. The zero-order valence-corrected chi connectivity index (χ0v) is 18.4. The summed E-state index contributed by atoms with van der Waals surface area (Å²) in [5.41, 5.74) is 2.30. The molecule has 0 N–H and O–H groups in total. The van der Waals surface area contributed by atoms with Crippen LogP contribution in [0, 0.1) is 6.92 Å². The molecule has 158 valence electrons. The number of rotatable bonds is 5. The van der Waals surface area contributed by atoms with Crippen molar-refractivity contribution in [1.82, 2.24) is 4.57 Å². The number of thiazole rings is 1. The van der Waals surface area contributed by atoms with E-state index in [-0.39, 0.29) is 12.5 Å². The molecule has 3 aromatic carbocycles. The minimum atomic E-state index is -0.427. The van der Waals surface area contributed by atoms with Crippen molar-refractivity contribution in [2.45, 2.75) is 20.4 Å². The number of nitrogens with zero attached hydrogens (tertiary/aromatic N) is 2. The molecule has 0 saturated carbocycles.